The fourth-order valence-electron chi connectivity index (χ4n) is 10.8. The molecule has 0 bridgehead atoms. The van der Waals surface area contributed by atoms with Crippen LogP contribution in [0.4, 0.5) is 22.7 Å². The predicted octanol–water partition coefficient (Wildman–Crippen LogP) is 18.4. The molecule has 0 aliphatic heterocycles. The quantitative estimate of drug-likeness (QED) is 0.0396. The van der Waals surface area contributed by atoms with E-state index in [-0.39, 0.29) is 103 Å². The van der Waals surface area contributed by atoms with Gasteiger partial charge >= 0.3 is 0 Å². The third kappa shape index (κ3) is 22.4. The van der Waals surface area contributed by atoms with E-state index in [1.165, 1.54) is 87.7 Å². The lowest BCUT2D eigenvalue weighted by atomic mass is 10.1. The molecular weight excluding hydrogens is 1840 g/mol. The van der Waals surface area contributed by atoms with Gasteiger partial charge in [-0.25, -0.2) is 38.7 Å². The van der Waals surface area contributed by atoms with Gasteiger partial charge in [0.25, 0.3) is 47.3 Å². The van der Waals surface area contributed by atoms with Crippen LogP contribution in [0, 0.1) is 27.7 Å². The molecule has 8 heterocycles. The number of hydrogen-bond acceptors (Lipinski definition) is 16. The molecule has 116 heavy (non-hydrogen) atoms. The molecule has 4 aromatic carbocycles. The summed E-state index contributed by atoms with van der Waals surface area (Å²) in [7, 11) is 2.99. The number of nitrogens with zero attached hydrogens (tertiary/aromatic N) is 12. The van der Waals surface area contributed by atoms with E-state index >= 15 is 0 Å². The summed E-state index contributed by atoms with van der Waals surface area (Å²) < 4.78 is 6.01. The molecule has 600 valence electrons. The molecule has 28 nitrogen and oxygen atoms in total. The minimum atomic E-state index is -0.545. The smallest absolute Gasteiger partial charge is 0.274 e. The van der Waals surface area contributed by atoms with Gasteiger partial charge in [0.15, 0.2) is 33.6 Å². The number of nitrogens with one attached hydrogen (secondary N) is 8. The van der Waals surface area contributed by atoms with Crippen molar-refractivity contribution in [2.24, 2.45) is 0 Å². The van der Waals surface area contributed by atoms with E-state index in [2.05, 4.69) is 115 Å². The molecule has 12 rings (SSSR count). The Hall–Kier alpha value is -10.1. The van der Waals surface area contributed by atoms with Crippen LogP contribution in [-0.4, -0.2) is 132 Å². The minimum Gasteiger partial charge on any atom is -0.355 e. The molecular formula is C76H64Br2Cl10N20O8. The molecule has 0 saturated heterocycles. The summed E-state index contributed by atoms with van der Waals surface area (Å²) in [5, 5.41) is 41.4. The van der Waals surface area contributed by atoms with E-state index in [9.17, 15) is 38.4 Å². The zero-order valence-electron chi connectivity index (χ0n) is 62.2. The molecule has 0 saturated carbocycles. The number of hydrogen-bond donors (Lipinski definition) is 8. The fourth-order valence-corrected chi connectivity index (χ4v) is 13.9. The van der Waals surface area contributed by atoms with Gasteiger partial charge in [-0.1, -0.05) is 116 Å². The van der Waals surface area contributed by atoms with Crippen LogP contribution in [-0.2, 0) is 0 Å². The van der Waals surface area contributed by atoms with E-state index in [4.69, 9.17) is 116 Å². The van der Waals surface area contributed by atoms with Crippen molar-refractivity contribution in [1.29, 1.82) is 0 Å². The Balaban J connectivity index is 0.000000177. The predicted molar refractivity (Wildman–Crippen MR) is 459 cm³/mol. The summed E-state index contributed by atoms with van der Waals surface area (Å²) in [4.78, 5) is 119. The van der Waals surface area contributed by atoms with Crippen molar-refractivity contribution < 1.29 is 38.4 Å². The topological polar surface area (TPSA) is 356 Å². The largest absolute Gasteiger partial charge is 0.355 e. The average molecular weight is 1900 g/mol. The number of pyridine rings is 4. The highest BCUT2D eigenvalue weighted by Gasteiger charge is 2.29. The van der Waals surface area contributed by atoms with Crippen molar-refractivity contribution in [2.45, 2.75) is 67.5 Å². The number of amides is 8. The Kier molecular flexibility index (Phi) is 31.1. The monoisotopic (exact) mass is 1890 g/mol. The molecule has 0 spiro atoms. The zero-order valence-corrected chi connectivity index (χ0v) is 72.9. The maximum Gasteiger partial charge on any atom is 0.274 e. The molecule has 40 heteroatoms. The van der Waals surface area contributed by atoms with Crippen LogP contribution in [0.2, 0.25) is 50.5 Å². The molecule has 8 N–H and O–H groups in total. The number of aromatic nitrogens is 12. The molecule has 0 fully saturated rings. The third-order valence-electron chi connectivity index (χ3n) is 15.8. The van der Waals surface area contributed by atoms with E-state index in [1.54, 1.807) is 119 Å². The average Bonchev–Trinajstić information content (AvgIpc) is 1.58. The summed E-state index contributed by atoms with van der Waals surface area (Å²) in [5.41, 5.74) is 5.46. The molecule has 0 atom stereocenters. The normalized spacial score (nSPS) is 10.8. The SMILES string of the molecule is CNC(=O)c1cc(Cl)cc(C)c1NC(=O)c1cc(Br)nn1-c1ncccc1Cl.CNC(=O)c1cc(Cl)cc(C)c1NC(=O)c1cc(Cl)nn1-c1ncccc1Cl.Cc1cc(Cl)cc(C(=O)NC(C)C)c1NC(=O)c1cc(Br)nn1-c1ncccc1Cl.Cc1cc(Cl)cc(C(=O)NC(C)C)c1NC(=O)c1cc(Cl)nn1-c1ncccc1Cl. The van der Waals surface area contributed by atoms with Gasteiger partial charge in [-0.15, -0.1) is 0 Å². The van der Waals surface area contributed by atoms with Gasteiger partial charge in [0.05, 0.1) is 65.1 Å². The van der Waals surface area contributed by atoms with Gasteiger partial charge in [0.1, 0.15) is 32.0 Å². The summed E-state index contributed by atoms with van der Waals surface area (Å²) >= 11 is 67.8. The van der Waals surface area contributed by atoms with Crippen LogP contribution in [0.3, 0.4) is 0 Å². The van der Waals surface area contributed by atoms with Crippen LogP contribution in [0.15, 0.2) is 155 Å². The lowest BCUT2D eigenvalue weighted by molar-refractivity contribution is 0.0934. The summed E-state index contributed by atoms with van der Waals surface area (Å²) in [6.45, 7) is 14.4. The maximum atomic E-state index is 13.1. The lowest BCUT2D eigenvalue weighted by Crippen LogP contribution is -2.31. The first-order valence-corrected chi connectivity index (χ1v) is 39.3. The second-order valence-electron chi connectivity index (χ2n) is 25.1. The number of carbonyl (C=O) groups excluding carboxylic acids is 8. The Morgan fingerprint density at radius 2 is 0.560 bits per heavy atom. The molecule has 0 radical (unpaired) electrons. The molecule has 0 unspecified atom stereocenters. The van der Waals surface area contributed by atoms with Crippen LogP contribution in [0.25, 0.3) is 23.3 Å². The van der Waals surface area contributed by atoms with Crippen molar-refractivity contribution in [3.05, 3.63) is 273 Å². The number of halogens is 12. The first-order chi connectivity index (χ1) is 55.0. The fraction of sp³-hybridized carbons (Fsp3) is 0.158. The second kappa shape index (κ2) is 40.2. The van der Waals surface area contributed by atoms with Crippen LogP contribution < -0.4 is 42.5 Å². The lowest BCUT2D eigenvalue weighted by Gasteiger charge is -2.16. The highest BCUT2D eigenvalue weighted by molar-refractivity contribution is 9.10. The zero-order chi connectivity index (χ0) is 84.8. The van der Waals surface area contributed by atoms with Gasteiger partial charge < -0.3 is 42.5 Å². The Morgan fingerprint density at radius 3 is 0.793 bits per heavy atom. The number of benzene rings is 4. The van der Waals surface area contributed by atoms with Crippen molar-refractivity contribution in [1.82, 2.24) is 80.3 Å². The summed E-state index contributed by atoms with van der Waals surface area (Å²) in [6.07, 6.45) is 6.14. The first kappa shape index (κ1) is 89.9. The van der Waals surface area contributed by atoms with Crippen molar-refractivity contribution >= 4 is 218 Å². The van der Waals surface area contributed by atoms with Gasteiger partial charge in [0, 0.05) is 95.3 Å². The van der Waals surface area contributed by atoms with Crippen molar-refractivity contribution in [3.8, 4) is 23.3 Å². The first-order valence-electron chi connectivity index (χ1n) is 33.9. The third-order valence-corrected chi connectivity index (χ3v) is 19.0. The van der Waals surface area contributed by atoms with Gasteiger partial charge in [-0.05, 0) is 207 Å². The van der Waals surface area contributed by atoms with Gasteiger partial charge in [-0.2, -0.15) is 20.4 Å². The molecule has 0 aliphatic rings. The second-order valence-corrected chi connectivity index (χ2v) is 30.9. The minimum absolute atomic E-state index is 0.0796. The van der Waals surface area contributed by atoms with Crippen LogP contribution >= 0.6 is 148 Å². The van der Waals surface area contributed by atoms with Gasteiger partial charge in [-0.3, -0.25) is 38.4 Å². The standard InChI is InChI=1S/C20H18BrCl2N5O2.C20H18Cl3N5O2.C18H14BrCl2N5O2.C18H14Cl3N5O2/c1-10(2)25-19(29)13-8-12(22)7-11(3)17(13)26-20(30)15-9-16(21)27-28(15)18-14(23)5-4-6-24-18;1-10(2)25-19(29)13-8-12(21)7-11(3)17(13)26-20(30)15-9-16(23)27-28(15)18-14(22)5-4-6-24-18;1-9-6-10(20)7-11(17(27)22-2)15(9)24-18(28)13-8-14(19)25-26(13)16-12(21)4-3-5-23-16;1-9-6-10(19)7-11(17(27)22-2)15(9)24-18(28)13-8-14(21)25-26(13)16-12(20)4-3-5-23-16/h2*4-10H,1-3H3,(H,25,29)(H,26,30);2*3-8H,1-2H3,(H,22,27)(H,24,28). The number of anilines is 4. The Bertz CT molecular complexity index is 5470. The van der Waals surface area contributed by atoms with E-state index in [0.29, 0.717) is 106 Å². The highest BCUT2D eigenvalue weighted by atomic mass is 79.9. The molecule has 8 aromatic heterocycles. The highest BCUT2D eigenvalue weighted by Crippen LogP contribution is 2.34. The van der Waals surface area contributed by atoms with Gasteiger partial charge in [0.2, 0.25) is 0 Å². The number of rotatable bonds is 18. The van der Waals surface area contributed by atoms with Crippen molar-refractivity contribution in [3.63, 3.8) is 0 Å². The maximum absolute atomic E-state index is 13.1. The van der Waals surface area contributed by atoms with E-state index in [1.807, 2.05) is 27.7 Å². The molecule has 0 aliphatic carbocycles. The van der Waals surface area contributed by atoms with Crippen molar-refractivity contribution in [2.75, 3.05) is 35.4 Å². The van der Waals surface area contributed by atoms with E-state index in [0.717, 1.165) is 0 Å². The summed E-state index contributed by atoms with van der Waals surface area (Å²) in [6, 6.07) is 31.5. The molecule has 8 amide bonds. The van der Waals surface area contributed by atoms with Crippen LogP contribution in [0.1, 0.15) is 133 Å². The Morgan fingerprint density at radius 1 is 0.328 bits per heavy atom. The van der Waals surface area contributed by atoms with Crippen LogP contribution in [0.5, 0.6) is 0 Å². The number of aryl methyl sites for hydroxylation is 4. The summed E-state index contributed by atoms with van der Waals surface area (Å²) in [5.74, 6) is -2.41. The Labute approximate surface area is 729 Å². The number of carbonyl (C=O) groups is 8. The van der Waals surface area contributed by atoms with E-state index < -0.39 is 23.6 Å². The molecule has 12 aromatic rings.